The van der Waals surface area contributed by atoms with E-state index in [4.69, 9.17) is 11.6 Å². The van der Waals surface area contributed by atoms with Gasteiger partial charge in [-0.2, -0.15) is 15.1 Å². The second kappa shape index (κ2) is 7.73. The van der Waals surface area contributed by atoms with E-state index in [2.05, 4.69) is 20.4 Å². The molecular weight excluding hydrogens is 362 g/mol. The first-order valence-electron chi connectivity index (χ1n) is 8.62. The lowest BCUT2D eigenvalue weighted by molar-refractivity contribution is 0.273. The highest BCUT2D eigenvalue weighted by molar-refractivity contribution is 6.28. The van der Waals surface area contributed by atoms with Gasteiger partial charge in [0.15, 0.2) is 5.65 Å². The fourth-order valence-electron chi connectivity index (χ4n) is 3.00. The van der Waals surface area contributed by atoms with Gasteiger partial charge in [0.05, 0.1) is 29.9 Å². The molecule has 0 aliphatic heterocycles. The number of para-hydroxylation sites is 1. The van der Waals surface area contributed by atoms with Crippen LogP contribution in [-0.4, -0.2) is 37.5 Å². The lowest BCUT2D eigenvalue weighted by atomic mass is 10.1. The molecule has 0 fully saturated rings. The topological polar surface area (TPSA) is 75.9 Å². The summed E-state index contributed by atoms with van der Waals surface area (Å²) in [6.07, 6.45) is 2.37. The summed E-state index contributed by atoms with van der Waals surface area (Å²) < 4.78 is 1.72. The molecule has 4 aromatic rings. The molecule has 0 saturated carbocycles. The van der Waals surface area contributed by atoms with Gasteiger partial charge in [-0.15, -0.1) is 0 Å². The maximum atomic E-state index is 9.81. The minimum Gasteiger partial charge on any atom is -0.394 e. The Labute approximate surface area is 161 Å². The summed E-state index contributed by atoms with van der Waals surface area (Å²) >= 11 is 6.16. The summed E-state index contributed by atoms with van der Waals surface area (Å²) in [6, 6.07) is 19.5. The molecule has 27 heavy (non-hydrogen) atoms. The van der Waals surface area contributed by atoms with Crippen LogP contribution < -0.4 is 5.32 Å². The molecule has 2 N–H and O–H groups in total. The van der Waals surface area contributed by atoms with Gasteiger partial charge in [-0.25, -0.2) is 4.68 Å². The summed E-state index contributed by atoms with van der Waals surface area (Å²) in [5.74, 6) is 0.558. The fraction of sp³-hybridized carbons (Fsp3) is 0.150. The fourth-order valence-corrected chi connectivity index (χ4v) is 3.17. The van der Waals surface area contributed by atoms with Crippen LogP contribution >= 0.6 is 11.6 Å². The van der Waals surface area contributed by atoms with Crippen molar-refractivity contribution in [2.75, 3.05) is 11.9 Å². The second-order valence-electron chi connectivity index (χ2n) is 6.18. The summed E-state index contributed by atoms with van der Waals surface area (Å²) in [7, 11) is 0. The number of aliphatic hydroxyl groups is 1. The van der Waals surface area contributed by atoms with Gasteiger partial charge in [-0.05, 0) is 35.7 Å². The van der Waals surface area contributed by atoms with E-state index >= 15 is 0 Å². The SMILES string of the molecule is OCC(Cc1ccccc1)Nc1nc(Cl)nc2c1cnn2-c1ccccc1. The number of fused-ring (bicyclic) bond motifs is 1. The number of hydrogen-bond acceptors (Lipinski definition) is 5. The van der Waals surface area contributed by atoms with Crippen LogP contribution in [0.3, 0.4) is 0 Å². The van der Waals surface area contributed by atoms with Crippen molar-refractivity contribution >= 4 is 28.5 Å². The standard InChI is InChI=1S/C20H18ClN5O/c21-20-24-18(23-15(13-27)11-14-7-3-1-4-8-14)17-12-22-26(19(17)25-20)16-9-5-2-6-10-16/h1-10,12,15,27H,11,13H2,(H,23,24,25). The van der Waals surface area contributed by atoms with Gasteiger partial charge in [-0.3, -0.25) is 0 Å². The first-order valence-corrected chi connectivity index (χ1v) is 9.00. The highest BCUT2D eigenvalue weighted by Gasteiger charge is 2.16. The monoisotopic (exact) mass is 379 g/mol. The van der Waals surface area contributed by atoms with Gasteiger partial charge in [0.2, 0.25) is 5.28 Å². The number of benzene rings is 2. The van der Waals surface area contributed by atoms with E-state index < -0.39 is 0 Å². The quantitative estimate of drug-likeness (QED) is 0.501. The molecule has 0 radical (unpaired) electrons. The van der Waals surface area contributed by atoms with E-state index in [1.54, 1.807) is 10.9 Å². The lowest BCUT2D eigenvalue weighted by Crippen LogP contribution is -2.27. The number of anilines is 1. The van der Waals surface area contributed by atoms with E-state index in [0.717, 1.165) is 16.6 Å². The van der Waals surface area contributed by atoms with Gasteiger partial charge >= 0.3 is 0 Å². The van der Waals surface area contributed by atoms with Crippen LogP contribution in [0.25, 0.3) is 16.7 Å². The van der Waals surface area contributed by atoms with Crippen LogP contribution in [0.15, 0.2) is 66.9 Å². The predicted molar refractivity (Wildman–Crippen MR) is 106 cm³/mol. The number of aliphatic hydroxyl groups excluding tert-OH is 1. The molecule has 2 heterocycles. The van der Waals surface area contributed by atoms with Gasteiger partial charge in [0.1, 0.15) is 5.82 Å². The highest BCUT2D eigenvalue weighted by atomic mass is 35.5. The third-order valence-electron chi connectivity index (χ3n) is 4.29. The molecule has 0 saturated heterocycles. The molecule has 4 rings (SSSR count). The van der Waals surface area contributed by atoms with E-state index in [-0.39, 0.29) is 17.9 Å². The van der Waals surface area contributed by atoms with E-state index in [9.17, 15) is 5.11 Å². The van der Waals surface area contributed by atoms with Crippen LogP contribution in [0.4, 0.5) is 5.82 Å². The van der Waals surface area contributed by atoms with Crippen molar-refractivity contribution in [2.45, 2.75) is 12.5 Å². The zero-order valence-electron chi connectivity index (χ0n) is 14.5. The Kier molecular flexibility index (Phi) is 5.00. The molecular formula is C20H18ClN5O. The second-order valence-corrected chi connectivity index (χ2v) is 6.52. The van der Waals surface area contributed by atoms with Crippen molar-refractivity contribution in [1.29, 1.82) is 0 Å². The summed E-state index contributed by atoms with van der Waals surface area (Å²) in [4.78, 5) is 8.66. The number of halogens is 1. The van der Waals surface area contributed by atoms with Crippen LogP contribution in [0.2, 0.25) is 5.28 Å². The summed E-state index contributed by atoms with van der Waals surface area (Å²) in [5.41, 5.74) is 2.62. The van der Waals surface area contributed by atoms with Crippen molar-refractivity contribution < 1.29 is 5.11 Å². The average Bonchev–Trinajstić information content (AvgIpc) is 3.13. The Bertz CT molecular complexity index is 1040. The van der Waals surface area contributed by atoms with Crippen molar-refractivity contribution in [2.24, 2.45) is 0 Å². The Morgan fingerprint density at radius 2 is 1.70 bits per heavy atom. The zero-order chi connectivity index (χ0) is 18.6. The van der Waals surface area contributed by atoms with Crippen molar-refractivity contribution in [3.8, 4) is 5.69 Å². The number of nitrogens with zero attached hydrogens (tertiary/aromatic N) is 4. The normalized spacial score (nSPS) is 12.2. The third-order valence-corrected chi connectivity index (χ3v) is 4.46. The van der Waals surface area contributed by atoms with Crippen LogP contribution in [0.1, 0.15) is 5.56 Å². The minimum absolute atomic E-state index is 0.0369. The number of hydrogen-bond donors (Lipinski definition) is 2. The molecule has 2 aromatic heterocycles. The maximum absolute atomic E-state index is 9.81. The Hall–Kier alpha value is -2.96. The molecule has 136 valence electrons. The van der Waals surface area contributed by atoms with E-state index in [0.29, 0.717) is 17.9 Å². The van der Waals surface area contributed by atoms with Gasteiger partial charge in [-0.1, -0.05) is 48.5 Å². The van der Waals surface area contributed by atoms with Crippen LogP contribution in [0.5, 0.6) is 0 Å². The predicted octanol–water partition coefficient (Wildman–Crippen LogP) is 3.48. The number of rotatable bonds is 6. The Morgan fingerprint density at radius 1 is 1.00 bits per heavy atom. The van der Waals surface area contributed by atoms with Gasteiger partial charge in [0.25, 0.3) is 0 Å². The Morgan fingerprint density at radius 3 is 2.41 bits per heavy atom. The molecule has 2 aromatic carbocycles. The molecule has 1 atom stereocenters. The molecule has 6 nitrogen and oxygen atoms in total. The number of nitrogens with one attached hydrogen (secondary N) is 1. The van der Waals surface area contributed by atoms with Crippen molar-refractivity contribution in [3.05, 3.63) is 77.7 Å². The van der Waals surface area contributed by atoms with Crippen LogP contribution in [0, 0.1) is 0 Å². The zero-order valence-corrected chi connectivity index (χ0v) is 15.2. The Balaban J connectivity index is 1.68. The minimum atomic E-state index is -0.207. The van der Waals surface area contributed by atoms with Gasteiger partial charge < -0.3 is 10.4 Å². The average molecular weight is 380 g/mol. The smallest absolute Gasteiger partial charge is 0.226 e. The molecule has 7 heteroatoms. The molecule has 1 unspecified atom stereocenters. The summed E-state index contributed by atoms with van der Waals surface area (Å²) in [5, 5.41) is 18.4. The van der Waals surface area contributed by atoms with Crippen molar-refractivity contribution in [1.82, 2.24) is 19.7 Å². The molecule has 0 aliphatic rings. The summed E-state index contributed by atoms with van der Waals surface area (Å²) in [6.45, 7) is -0.0369. The molecule has 0 spiro atoms. The first-order chi connectivity index (χ1) is 13.2. The third kappa shape index (κ3) is 3.77. The van der Waals surface area contributed by atoms with E-state index in [1.807, 2.05) is 60.7 Å². The first kappa shape index (κ1) is 17.5. The van der Waals surface area contributed by atoms with E-state index in [1.165, 1.54) is 0 Å². The van der Waals surface area contributed by atoms with Crippen molar-refractivity contribution in [3.63, 3.8) is 0 Å². The molecule has 0 bridgehead atoms. The van der Waals surface area contributed by atoms with Crippen LogP contribution in [-0.2, 0) is 6.42 Å². The largest absolute Gasteiger partial charge is 0.394 e. The lowest BCUT2D eigenvalue weighted by Gasteiger charge is -2.17. The highest BCUT2D eigenvalue weighted by Crippen LogP contribution is 2.25. The maximum Gasteiger partial charge on any atom is 0.226 e. The van der Waals surface area contributed by atoms with Gasteiger partial charge in [0, 0.05) is 0 Å². The number of aromatic nitrogens is 4. The molecule has 0 aliphatic carbocycles. The molecule has 0 amide bonds.